The number of sulfonamides is 1. The Labute approximate surface area is 147 Å². The summed E-state index contributed by atoms with van der Waals surface area (Å²) in [5.74, 6) is 0.729. The molecule has 1 amide bonds. The molecule has 2 aromatic rings. The molecule has 25 heavy (non-hydrogen) atoms. The fourth-order valence-electron chi connectivity index (χ4n) is 2.54. The van der Waals surface area contributed by atoms with Crippen LogP contribution in [0.5, 0.6) is 5.75 Å². The van der Waals surface area contributed by atoms with Crippen LogP contribution < -0.4 is 14.8 Å². The number of amides is 1. The lowest BCUT2D eigenvalue weighted by atomic mass is 10.1. The van der Waals surface area contributed by atoms with E-state index in [9.17, 15) is 13.2 Å². The van der Waals surface area contributed by atoms with Crippen LogP contribution in [0.25, 0.3) is 0 Å². The smallest absolute Gasteiger partial charge is 0.241 e. The molecule has 0 unspecified atom stereocenters. The first-order valence-electron chi connectivity index (χ1n) is 7.72. The molecule has 8 heteroatoms. The molecule has 1 heterocycles. The van der Waals surface area contributed by atoms with Crippen molar-refractivity contribution in [2.45, 2.75) is 38.3 Å². The monoisotopic (exact) mass is 366 g/mol. The van der Waals surface area contributed by atoms with Crippen molar-refractivity contribution in [2.24, 2.45) is 0 Å². The second-order valence-electron chi connectivity index (χ2n) is 5.73. The molecule has 136 valence electrons. The zero-order valence-electron chi connectivity index (χ0n) is 14.6. The van der Waals surface area contributed by atoms with Gasteiger partial charge in [-0.2, -0.15) is 4.72 Å². The van der Waals surface area contributed by atoms with E-state index in [4.69, 9.17) is 9.15 Å². The number of carbonyl (C=O) groups excluding carboxylic acids is 1. The van der Waals surface area contributed by atoms with Crippen LogP contribution in [-0.2, 0) is 21.4 Å². The summed E-state index contributed by atoms with van der Waals surface area (Å²) in [6.45, 7) is 5.05. The molecule has 0 aliphatic carbocycles. The Morgan fingerprint density at radius 1 is 1.28 bits per heavy atom. The van der Waals surface area contributed by atoms with E-state index in [1.165, 1.54) is 20.3 Å². The second-order valence-corrected chi connectivity index (χ2v) is 7.38. The summed E-state index contributed by atoms with van der Waals surface area (Å²) < 4.78 is 38.0. The highest BCUT2D eigenvalue weighted by atomic mass is 32.2. The van der Waals surface area contributed by atoms with E-state index < -0.39 is 22.0 Å². The lowest BCUT2D eigenvalue weighted by molar-refractivity contribution is -0.122. The van der Waals surface area contributed by atoms with E-state index in [2.05, 4.69) is 10.0 Å². The molecule has 0 saturated carbocycles. The number of methoxy groups -OCH3 is 1. The maximum atomic E-state index is 12.7. The number of hydrogen-bond acceptors (Lipinski definition) is 5. The topological polar surface area (TPSA) is 97.6 Å². The maximum absolute atomic E-state index is 12.7. The van der Waals surface area contributed by atoms with E-state index in [0.29, 0.717) is 22.6 Å². The zero-order chi connectivity index (χ0) is 18.6. The number of ether oxygens (including phenoxy) is 1. The molecule has 0 fully saturated rings. The van der Waals surface area contributed by atoms with Gasteiger partial charge in [-0.1, -0.05) is 0 Å². The third-order valence-electron chi connectivity index (χ3n) is 3.68. The lowest BCUT2D eigenvalue weighted by Crippen LogP contribution is -2.44. The quantitative estimate of drug-likeness (QED) is 0.780. The highest BCUT2D eigenvalue weighted by Crippen LogP contribution is 2.25. The van der Waals surface area contributed by atoms with Gasteiger partial charge in [0.15, 0.2) is 0 Å². The third kappa shape index (κ3) is 4.61. The van der Waals surface area contributed by atoms with Gasteiger partial charge in [0.2, 0.25) is 15.9 Å². The molecule has 0 radical (unpaired) electrons. The number of aryl methyl sites for hydroxylation is 2. The molecular formula is C17H22N2O5S. The predicted octanol–water partition coefficient (Wildman–Crippen LogP) is 1.89. The minimum Gasteiger partial charge on any atom is -0.497 e. The van der Waals surface area contributed by atoms with Crippen LogP contribution in [0.15, 0.2) is 39.8 Å². The summed E-state index contributed by atoms with van der Waals surface area (Å²) >= 11 is 0. The lowest BCUT2D eigenvalue weighted by Gasteiger charge is -2.17. The zero-order valence-corrected chi connectivity index (χ0v) is 15.4. The van der Waals surface area contributed by atoms with Crippen molar-refractivity contribution in [1.29, 1.82) is 0 Å². The molecule has 2 rings (SSSR count). The number of carbonyl (C=O) groups is 1. The van der Waals surface area contributed by atoms with Crippen LogP contribution in [0.4, 0.5) is 0 Å². The highest BCUT2D eigenvalue weighted by Gasteiger charge is 2.25. The van der Waals surface area contributed by atoms with Gasteiger partial charge >= 0.3 is 0 Å². The Morgan fingerprint density at radius 2 is 1.92 bits per heavy atom. The Hall–Kier alpha value is -2.32. The summed E-state index contributed by atoms with van der Waals surface area (Å²) in [5.41, 5.74) is 1.10. The molecule has 1 atom stereocenters. The van der Waals surface area contributed by atoms with Crippen molar-refractivity contribution in [3.63, 3.8) is 0 Å². The van der Waals surface area contributed by atoms with E-state index in [0.717, 1.165) is 0 Å². The molecule has 1 aromatic carbocycles. The molecule has 0 aliphatic rings. The van der Waals surface area contributed by atoms with Crippen molar-refractivity contribution in [1.82, 2.24) is 10.0 Å². The average molecular weight is 366 g/mol. The Morgan fingerprint density at radius 3 is 2.44 bits per heavy atom. The first-order valence-corrected chi connectivity index (χ1v) is 9.20. The van der Waals surface area contributed by atoms with Gasteiger partial charge in [0.1, 0.15) is 11.5 Å². The van der Waals surface area contributed by atoms with E-state index in [1.54, 1.807) is 38.1 Å². The first-order chi connectivity index (χ1) is 11.7. The van der Waals surface area contributed by atoms with E-state index >= 15 is 0 Å². The minimum absolute atomic E-state index is 0.152. The molecule has 0 saturated heterocycles. The normalized spacial score (nSPS) is 12.6. The fourth-order valence-corrected chi connectivity index (χ4v) is 4.19. The number of rotatable bonds is 7. The van der Waals surface area contributed by atoms with Crippen LogP contribution in [0.1, 0.15) is 23.8 Å². The van der Waals surface area contributed by atoms with Crippen LogP contribution in [0, 0.1) is 13.8 Å². The van der Waals surface area contributed by atoms with Crippen molar-refractivity contribution < 1.29 is 22.4 Å². The summed E-state index contributed by atoms with van der Waals surface area (Å²) in [4.78, 5) is 12.3. The largest absolute Gasteiger partial charge is 0.497 e. The summed E-state index contributed by atoms with van der Waals surface area (Å²) in [7, 11) is -2.33. The van der Waals surface area contributed by atoms with E-state index in [1.807, 2.05) is 0 Å². The standard InChI is InChI=1S/C17H22N2O5S/c1-11-8-15(23-4)9-12(2)16(11)25(21,22)19-13(3)17(20)18-10-14-6-5-7-24-14/h5-9,13,19H,10H2,1-4H3,(H,18,20)/t13-/m0/s1. The molecule has 7 nitrogen and oxygen atoms in total. The molecule has 2 N–H and O–H groups in total. The maximum Gasteiger partial charge on any atom is 0.241 e. The average Bonchev–Trinajstić information content (AvgIpc) is 3.04. The predicted molar refractivity (Wildman–Crippen MR) is 92.8 cm³/mol. The van der Waals surface area contributed by atoms with Crippen LogP contribution in [-0.4, -0.2) is 27.5 Å². The first kappa shape index (κ1) is 19.0. The number of hydrogen-bond donors (Lipinski definition) is 2. The van der Waals surface area contributed by atoms with Crippen LogP contribution >= 0.6 is 0 Å². The Balaban J connectivity index is 2.11. The molecule has 0 bridgehead atoms. The van der Waals surface area contributed by atoms with E-state index in [-0.39, 0.29) is 11.4 Å². The van der Waals surface area contributed by atoms with Crippen molar-refractivity contribution >= 4 is 15.9 Å². The van der Waals surface area contributed by atoms with Gasteiger partial charge in [0.25, 0.3) is 0 Å². The van der Waals surface area contributed by atoms with Crippen LogP contribution in [0.3, 0.4) is 0 Å². The Bertz CT molecular complexity index is 821. The van der Waals surface area contributed by atoms with Crippen molar-refractivity contribution in [3.8, 4) is 5.75 Å². The number of furan rings is 1. The van der Waals surface area contributed by atoms with Gasteiger partial charge < -0.3 is 14.5 Å². The summed E-state index contributed by atoms with van der Waals surface area (Å²) in [6, 6.07) is 5.79. The number of benzene rings is 1. The molecular weight excluding hydrogens is 344 g/mol. The minimum atomic E-state index is -3.85. The highest BCUT2D eigenvalue weighted by molar-refractivity contribution is 7.89. The third-order valence-corrected chi connectivity index (χ3v) is 5.53. The summed E-state index contributed by atoms with van der Waals surface area (Å²) in [6.07, 6.45) is 1.50. The fraction of sp³-hybridized carbons (Fsp3) is 0.353. The van der Waals surface area contributed by atoms with Crippen molar-refractivity contribution in [2.75, 3.05) is 7.11 Å². The molecule has 1 aromatic heterocycles. The summed E-state index contributed by atoms with van der Waals surface area (Å²) in [5, 5.41) is 2.63. The molecule has 0 aliphatic heterocycles. The van der Waals surface area contributed by atoms with Gasteiger partial charge in [-0.25, -0.2) is 8.42 Å². The van der Waals surface area contributed by atoms with Gasteiger partial charge in [-0.15, -0.1) is 0 Å². The SMILES string of the molecule is COc1cc(C)c(S(=O)(=O)N[C@@H](C)C(=O)NCc2ccco2)c(C)c1. The Kier molecular flexibility index (Phi) is 5.86. The molecule has 0 spiro atoms. The van der Waals surface area contributed by atoms with Gasteiger partial charge in [-0.3, -0.25) is 4.79 Å². The van der Waals surface area contributed by atoms with Crippen molar-refractivity contribution in [3.05, 3.63) is 47.4 Å². The van der Waals surface area contributed by atoms with Gasteiger partial charge in [-0.05, 0) is 56.2 Å². The second kappa shape index (κ2) is 7.71. The van der Waals surface area contributed by atoms with Gasteiger partial charge in [0.05, 0.1) is 30.9 Å². The van der Waals surface area contributed by atoms with Crippen LogP contribution in [0.2, 0.25) is 0 Å². The van der Waals surface area contributed by atoms with Gasteiger partial charge in [0, 0.05) is 0 Å². The number of nitrogens with one attached hydrogen (secondary N) is 2.